The van der Waals surface area contributed by atoms with Gasteiger partial charge in [-0.05, 0) is 12.0 Å². The van der Waals surface area contributed by atoms with Crippen molar-refractivity contribution in [2.24, 2.45) is 11.7 Å². The zero-order valence-electron chi connectivity index (χ0n) is 12.3. The average Bonchev–Trinajstić information content (AvgIpc) is 2.84. The smallest absolute Gasteiger partial charge is 0.318 e. The highest BCUT2D eigenvalue weighted by atomic mass is 32.2. The number of nitro benzene ring substituents is 1. The van der Waals surface area contributed by atoms with E-state index in [-0.39, 0.29) is 11.6 Å². The van der Waals surface area contributed by atoms with Gasteiger partial charge in [0.15, 0.2) is 4.34 Å². The van der Waals surface area contributed by atoms with Crippen LogP contribution in [0.5, 0.6) is 0 Å². The van der Waals surface area contributed by atoms with Crippen molar-refractivity contribution in [1.29, 1.82) is 0 Å². The quantitative estimate of drug-likeness (QED) is 0.482. The first-order valence-corrected chi connectivity index (χ1v) is 8.29. The molecule has 1 atom stereocenters. The van der Waals surface area contributed by atoms with Crippen molar-refractivity contribution >= 4 is 50.9 Å². The number of fused-ring (bicyclic) bond motifs is 1. The lowest BCUT2D eigenvalue weighted by atomic mass is 10.1. The summed E-state index contributed by atoms with van der Waals surface area (Å²) in [4.78, 5) is 37.5. The zero-order chi connectivity index (χ0) is 17.1. The molecule has 2 rings (SSSR count). The first kappa shape index (κ1) is 17.2. The summed E-state index contributed by atoms with van der Waals surface area (Å²) in [7, 11) is 0. The number of nitro groups is 1. The van der Waals surface area contributed by atoms with Gasteiger partial charge in [0.25, 0.3) is 5.69 Å². The summed E-state index contributed by atoms with van der Waals surface area (Å²) in [5.74, 6) is -0.538. The molecular formula is C13H14N4O4S2. The van der Waals surface area contributed by atoms with Gasteiger partial charge in [0, 0.05) is 12.1 Å². The van der Waals surface area contributed by atoms with E-state index in [4.69, 9.17) is 5.73 Å². The molecule has 23 heavy (non-hydrogen) atoms. The van der Waals surface area contributed by atoms with Gasteiger partial charge >= 0.3 is 6.03 Å². The number of imide groups is 1. The number of thiazole rings is 1. The standard InChI is InChI=1S/C13H14N4O4S2/c1-6(2)10(11(18)16-12(14)19)23-13-15-8-4-3-7(17(20)21)5-9(8)22-13/h3-6,10H,1-2H3,(H3,14,16,18,19)/t10-/m1/s1. The molecule has 8 nitrogen and oxygen atoms in total. The number of nitrogens with one attached hydrogen (secondary N) is 1. The van der Waals surface area contributed by atoms with E-state index in [9.17, 15) is 19.7 Å². The van der Waals surface area contributed by atoms with Gasteiger partial charge in [-0.3, -0.25) is 20.2 Å². The fourth-order valence-electron chi connectivity index (χ4n) is 1.85. The van der Waals surface area contributed by atoms with Crippen molar-refractivity contribution in [2.75, 3.05) is 0 Å². The van der Waals surface area contributed by atoms with E-state index in [1.807, 2.05) is 13.8 Å². The highest BCUT2D eigenvalue weighted by Crippen LogP contribution is 2.35. The summed E-state index contributed by atoms with van der Waals surface area (Å²) >= 11 is 2.47. The molecule has 0 aliphatic carbocycles. The number of carbonyl (C=O) groups excluding carboxylic acids is 2. The van der Waals surface area contributed by atoms with Crippen LogP contribution in [0.1, 0.15) is 13.8 Å². The largest absolute Gasteiger partial charge is 0.351 e. The second-order valence-electron chi connectivity index (χ2n) is 5.02. The Bertz CT molecular complexity index is 774. The Morgan fingerprint density at radius 3 is 2.70 bits per heavy atom. The molecular weight excluding hydrogens is 340 g/mol. The molecule has 3 amide bonds. The van der Waals surface area contributed by atoms with Crippen LogP contribution in [0.3, 0.4) is 0 Å². The Hall–Kier alpha value is -2.20. The van der Waals surface area contributed by atoms with Crippen molar-refractivity contribution in [2.45, 2.75) is 23.4 Å². The minimum atomic E-state index is -0.902. The summed E-state index contributed by atoms with van der Waals surface area (Å²) in [6, 6.07) is 3.50. The van der Waals surface area contributed by atoms with Gasteiger partial charge in [0.05, 0.1) is 20.4 Å². The van der Waals surface area contributed by atoms with Crippen LogP contribution in [0, 0.1) is 16.0 Å². The Morgan fingerprint density at radius 2 is 2.13 bits per heavy atom. The third-order valence-electron chi connectivity index (χ3n) is 2.90. The van der Waals surface area contributed by atoms with E-state index in [1.54, 1.807) is 6.07 Å². The molecule has 0 fully saturated rings. The van der Waals surface area contributed by atoms with Gasteiger partial charge in [-0.25, -0.2) is 9.78 Å². The first-order valence-electron chi connectivity index (χ1n) is 6.60. The molecule has 0 unspecified atom stereocenters. The zero-order valence-corrected chi connectivity index (χ0v) is 13.9. The lowest BCUT2D eigenvalue weighted by Crippen LogP contribution is -2.42. The summed E-state index contributed by atoms with van der Waals surface area (Å²) in [5, 5.41) is 12.3. The monoisotopic (exact) mass is 354 g/mol. The van der Waals surface area contributed by atoms with Gasteiger partial charge < -0.3 is 5.73 Å². The lowest BCUT2D eigenvalue weighted by molar-refractivity contribution is -0.384. The summed E-state index contributed by atoms with van der Waals surface area (Å²) < 4.78 is 1.26. The van der Waals surface area contributed by atoms with E-state index in [1.165, 1.54) is 35.2 Å². The molecule has 10 heteroatoms. The maximum Gasteiger partial charge on any atom is 0.318 e. The number of urea groups is 1. The van der Waals surface area contributed by atoms with Crippen LogP contribution in [-0.2, 0) is 4.79 Å². The maximum absolute atomic E-state index is 12.0. The van der Waals surface area contributed by atoms with Crippen LogP contribution in [-0.4, -0.2) is 27.1 Å². The van der Waals surface area contributed by atoms with Gasteiger partial charge in [0.2, 0.25) is 5.91 Å². The third kappa shape index (κ3) is 4.17. The summed E-state index contributed by atoms with van der Waals surface area (Å²) in [5.41, 5.74) is 5.59. The fraction of sp³-hybridized carbons (Fsp3) is 0.308. The molecule has 122 valence electrons. The van der Waals surface area contributed by atoms with Crippen molar-refractivity contribution < 1.29 is 14.5 Å². The molecule has 0 radical (unpaired) electrons. The number of amides is 3. The van der Waals surface area contributed by atoms with Crippen LogP contribution in [0.2, 0.25) is 0 Å². The van der Waals surface area contributed by atoms with Gasteiger partial charge in [-0.15, -0.1) is 11.3 Å². The van der Waals surface area contributed by atoms with E-state index >= 15 is 0 Å². The average molecular weight is 354 g/mol. The van der Waals surface area contributed by atoms with Gasteiger partial charge in [-0.1, -0.05) is 25.6 Å². The molecule has 0 saturated carbocycles. The molecule has 2 aromatic rings. The molecule has 0 bridgehead atoms. The van der Waals surface area contributed by atoms with Crippen LogP contribution in [0.4, 0.5) is 10.5 Å². The predicted molar refractivity (Wildman–Crippen MR) is 88.5 cm³/mol. The minimum Gasteiger partial charge on any atom is -0.351 e. The number of hydrogen-bond donors (Lipinski definition) is 2. The molecule has 0 aliphatic heterocycles. The molecule has 0 aliphatic rings. The number of thioether (sulfide) groups is 1. The Labute approximate surface area is 139 Å². The van der Waals surface area contributed by atoms with Crippen molar-refractivity contribution in [3.8, 4) is 0 Å². The van der Waals surface area contributed by atoms with Crippen molar-refractivity contribution in [3.63, 3.8) is 0 Å². The molecule has 0 spiro atoms. The minimum absolute atomic E-state index is 0.00965. The Kier molecular flexibility index (Phi) is 5.16. The first-order chi connectivity index (χ1) is 10.8. The van der Waals surface area contributed by atoms with Crippen LogP contribution < -0.4 is 11.1 Å². The van der Waals surface area contributed by atoms with E-state index < -0.39 is 22.1 Å². The number of aromatic nitrogens is 1. The number of benzene rings is 1. The van der Waals surface area contributed by atoms with Gasteiger partial charge in [0.1, 0.15) is 0 Å². The second-order valence-corrected chi connectivity index (χ2v) is 7.44. The van der Waals surface area contributed by atoms with Crippen LogP contribution >= 0.6 is 23.1 Å². The summed E-state index contributed by atoms with van der Waals surface area (Å²) in [6.07, 6.45) is 0. The molecule has 3 N–H and O–H groups in total. The van der Waals surface area contributed by atoms with Crippen molar-refractivity contribution in [1.82, 2.24) is 10.3 Å². The highest BCUT2D eigenvalue weighted by molar-refractivity contribution is 8.02. The number of hydrogen-bond acceptors (Lipinski definition) is 7. The fourth-order valence-corrected chi connectivity index (χ4v) is 4.16. The second kappa shape index (κ2) is 6.92. The molecule has 0 saturated heterocycles. The normalized spacial score (nSPS) is 12.3. The maximum atomic E-state index is 12.0. The predicted octanol–water partition coefficient (Wildman–Crippen LogP) is 2.52. The number of non-ortho nitro benzene ring substituents is 1. The van der Waals surface area contributed by atoms with E-state index in [0.717, 1.165) is 0 Å². The lowest BCUT2D eigenvalue weighted by Gasteiger charge is -2.17. The number of carbonyl (C=O) groups is 2. The summed E-state index contributed by atoms with van der Waals surface area (Å²) in [6.45, 7) is 3.69. The van der Waals surface area contributed by atoms with E-state index in [2.05, 4.69) is 10.3 Å². The number of nitrogens with zero attached hydrogens (tertiary/aromatic N) is 2. The number of rotatable bonds is 5. The van der Waals surface area contributed by atoms with Crippen molar-refractivity contribution in [3.05, 3.63) is 28.3 Å². The third-order valence-corrected chi connectivity index (χ3v) is 5.56. The van der Waals surface area contributed by atoms with Crippen LogP contribution in [0.15, 0.2) is 22.5 Å². The molecule has 1 heterocycles. The Balaban J connectivity index is 2.26. The van der Waals surface area contributed by atoms with E-state index in [0.29, 0.717) is 14.6 Å². The Morgan fingerprint density at radius 1 is 1.43 bits per heavy atom. The van der Waals surface area contributed by atoms with Gasteiger partial charge in [-0.2, -0.15) is 0 Å². The number of nitrogens with two attached hydrogens (primary N) is 1. The van der Waals surface area contributed by atoms with Crippen LogP contribution in [0.25, 0.3) is 10.2 Å². The number of primary amides is 1. The SMILES string of the molecule is CC(C)[C@@H](Sc1nc2ccc([N+](=O)[O-])cc2s1)C(=O)NC(N)=O. The topological polar surface area (TPSA) is 128 Å². The molecule has 1 aromatic heterocycles. The highest BCUT2D eigenvalue weighted by Gasteiger charge is 2.26. The molecule has 1 aromatic carbocycles.